The minimum atomic E-state index is 0.818. The summed E-state index contributed by atoms with van der Waals surface area (Å²) in [6.45, 7) is 4.61. The molecule has 4 rings (SSSR count). The van der Waals surface area contributed by atoms with Crippen molar-refractivity contribution in [2.75, 3.05) is 25.0 Å². The number of hydrogen-bond acceptors (Lipinski definition) is 6. The number of nitrogens with zero attached hydrogens (tertiary/aromatic N) is 5. The Kier molecular flexibility index (Phi) is 4.74. The number of aromatic nitrogens is 4. The molecule has 0 aliphatic carbocycles. The first-order valence-electron chi connectivity index (χ1n) is 8.64. The van der Waals surface area contributed by atoms with Crippen LogP contribution < -0.4 is 5.32 Å². The molecule has 130 valence electrons. The lowest BCUT2D eigenvalue weighted by Gasteiger charge is -2.18. The van der Waals surface area contributed by atoms with Crippen LogP contribution in [-0.2, 0) is 25.9 Å². The molecule has 0 bridgehead atoms. The molecule has 1 aliphatic heterocycles. The largest absolute Gasteiger partial charge is 0.472 e. The second-order valence-corrected chi connectivity index (χ2v) is 6.28. The quantitative estimate of drug-likeness (QED) is 0.741. The Morgan fingerprint density at radius 1 is 1.20 bits per heavy atom. The van der Waals surface area contributed by atoms with Gasteiger partial charge in [-0.25, -0.2) is 15.0 Å². The highest BCUT2D eigenvalue weighted by Gasteiger charge is 2.18. The van der Waals surface area contributed by atoms with Gasteiger partial charge in [0.1, 0.15) is 12.1 Å². The van der Waals surface area contributed by atoms with Crippen LogP contribution in [0.5, 0.6) is 0 Å². The number of rotatable bonds is 6. The number of anilines is 1. The van der Waals surface area contributed by atoms with E-state index in [1.165, 1.54) is 11.1 Å². The van der Waals surface area contributed by atoms with Crippen LogP contribution in [-0.4, -0.2) is 44.1 Å². The smallest absolute Gasteiger partial charge is 0.132 e. The van der Waals surface area contributed by atoms with Crippen LogP contribution in [0.4, 0.5) is 5.82 Å². The van der Waals surface area contributed by atoms with E-state index in [1.807, 2.05) is 24.9 Å². The Balaban J connectivity index is 1.39. The molecular weight excluding hydrogens is 316 g/mol. The number of fused-ring (bicyclic) bond motifs is 1. The highest BCUT2D eigenvalue weighted by atomic mass is 16.3. The molecule has 7 heteroatoms. The third-order valence-corrected chi connectivity index (χ3v) is 4.59. The fourth-order valence-electron chi connectivity index (χ4n) is 3.25. The van der Waals surface area contributed by atoms with Gasteiger partial charge in [-0.3, -0.25) is 4.90 Å². The van der Waals surface area contributed by atoms with Crippen molar-refractivity contribution in [2.24, 2.45) is 0 Å². The minimum absolute atomic E-state index is 0.818. The van der Waals surface area contributed by atoms with Crippen LogP contribution in [0.3, 0.4) is 0 Å². The van der Waals surface area contributed by atoms with Gasteiger partial charge in [0.15, 0.2) is 0 Å². The van der Waals surface area contributed by atoms with Crippen molar-refractivity contribution >= 4 is 5.82 Å². The normalized spacial score (nSPS) is 14.9. The van der Waals surface area contributed by atoms with E-state index in [0.717, 1.165) is 57.1 Å². The van der Waals surface area contributed by atoms with Crippen molar-refractivity contribution in [2.45, 2.75) is 25.9 Å². The molecule has 0 radical (unpaired) electrons. The Morgan fingerprint density at radius 3 is 3.00 bits per heavy atom. The van der Waals surface area contributed by atoms with Crippen molar-refractivity contribution in [1.82, 2.24) is 24.4 Å². The van der Waals surface area contributed by atoms with Gasteiger partial charge in [-0.2, -0.15) is 0 Å². The zero-order valence-electron chi connectivity index (χ0n) is 14.1. The fraction of sp³-hybridized carbons (Fsp3) is 0.389. The number of imidazole rings is 1. The summed E-state index contributed by atoms with van der Waals surface area (Å²) < 4.78 is 7.23. The number of hydrogen-bond donors (Lipinski definition) is 1. The predicted molar refractivity (Wildman–Crippen MR) is 94.1 cm³/mol. The van der Waals surface area contributed by atoms with Gasteiger partial charge in [-0.05, 0) is 12.5 Å². The highest BCUT2D eigenvalue weighted by Crippen LogP contribution is 2.21. The Morgan fingerprint density at radius 2 is 2.16 bits per heavy atom. The molecule has 0 amide bonds. The van der Waals surface area contributed by atoms with E-state index in [0.29, 0.717) is 0 Å². The van der Waals surface area contributed by atoms with Gasteiger partial charge in [0.2, 0.25) is 0 Å². The minimum Gasteiger partial charge on any atom is -0.472 e. The summed E-state index contributed by atoms with van der Waals surface area (Å²) in [5.74, 6) is 0.968. The van der Waals surface area contributed by atoms with Crippen molar-refractivity contribution in [3.8, 4) is 0 Å². The van der Waals surface area contributed by atoms with Crippen LogP contribution in [0.2, 0.25) is 0 Å². The maximum absolute atomic E-state index is 5.18. The van der Waals surface area contributed by atoms with Crippen molar-refractivity contribution < 1.29 is 4.42 Å². The molecule has 0 fully saturated rings. The topological polar surface area (TPSA) is 72.0 Å². The maximum atomic E-state index is 5.18. The summed E-state index contributed by atoms with van der Waals surface area (Å²) in [5, 5.41) is 3.47. The third-order valence-electron chi connectivity index (χ3n) is 4.59. The monoisotopic (exact) mass is 338 g/mol. The van der Waals surface area contributed by atoms with Gasteiger partial charge in [-0.1, -0.05) is 0 Å². The lowest BCUT2D eigenvalue weighted by molar-refractivity contribution is 0.278. The molecule has 3 aromatic rings. The van der Waals surface area contributed by atoms with Crippen LogP contribution in [0.15, 0.2) is 48.1 Å². The first-order chi connectivity index (χ1) is 12.4. The standard InChI is InChI=1S/C18H22N6O/c1-6-23(11-15-3-10-25-12-15)7-2-17-16(1)18(22-13-21-17)20-5-9-24-8-4-19-14-24/h3-4,8,10,12-14H,1-2,5-7,9,11H2,(H,20,21,22). The SMILES string of the molecule is c1cn(CCNc2ncnc3c2CCN(Cc2ccoc2)CC3)cn1. The van der Waals surface area contributed by atoms with Crippen molar-refractivity contribution in [3.63, 3.8) is 0 Å². The molecule has 0 saturated heterocycles. The summed E-state index contributed by atoms with van der Waals surface area (Å²) >= 11 is 0. The average molecular weight is 338 g/mol. The van der Waals surface area contributed by atoms with Crippen LogP contribution in [0.25, 0.3) is 0 Å². The molecule has 0 spiro atoms. The van der Waals surface area contributed by atoms with E-state index >= 15 is 0 Å². The molecule has 7 nitrogen and oxygen atoms in total. The Hall–Kier alpha value is -2.67. The maximum Gasteiger partial charge on any atom is 0.132 e. The molecule has 25 heavy (non-hydrogen) atoms. The van der Waals surface area contributed by atoms with Crippen molar-refractivity contribution in [3.05, 3.63) is 60.5 Å². The first kappa shape index (κ1) is 15.8. The summed E-state index contributed by atoms with van der Waals surface area (Å²) in [6.07, 6.45) is 12.7. The van der Waals surface area contributed by atoms with Crippen LogP contribution in [0.1, 0.15) is 16.8 Å². The van der Waals surface area contributed by atoms with Crippen LogP contribution in [0, 0.1) is 0 Å². The van der Waals surface area contributed by atoms with E-state index in [-0.39, 0.29) is 0 Å². The Labute approximate surface area is 146 Å². The summed E-state index contributed by atoms with van der Waals surface area (Å²) in [4.78, 5) is 15.5. The molecule has 0 saturated carbocycles. The molecule has 1 aliphatic rings. The number of furan rings is 1. The lowest BCUT2D eigenvalue weighted by atomic mass is 10.1. The zero-order valence-corrected chi connectivity index (χ0v) is 14.1. The van der Waals surface area contributed by atoms with Gasteiger partial charge in [0, 0.05) is 62.7 Å². The van der Waals surface area contributed by atoms with E-state index in [1.54, 1.807) is 18.8 Å². The van der Waals surface area contributed by atoms with E-state index in [4.69, 9.17) is 4.42 Å². The van der Waals surface area contributed by atoms with Gasteiger partial charge < -0.3 is 14.3 Å². The van der Waals surface area contributed by atoms with E-state index in [2.05, 4.69) is 29.7 Å². The third kappa shape index (κ3) is 3.88. The second-order valence-electron chi connectivity index (χ2n) is 6.28. The molecule has 0 atom stereocenters. The second kappa shape index (κ2) is 7.48. The van der Waals surface area contributed by atoms with Crippen molar-refractivity contribution in [1.29, 1.82) is 0 Å². The molecular formula is C18H22N6O. The van der Waals surface area contributed by atoms with E-state index in [9.17, 15) is 0 Å². The van der Waals surface area contributed by atoms with Crippen LogP contribution >= 0.6 is 0 Å². The molecule has 4 heterocycles. The molecule has 1 N–H and O–H groups in total. The predicted octanol–water partition coefficient (Wildman–Crippen LogP) is 1.98. The summed E-state index contributed by atoms with van der Waals surface area (Å²) in [5.41, 5.74) is 3.63. The molecule has 0 unspecified atom stereocenters. The summed E-state index contributed by atoms with van der Waals surface area (Å²) in [7, 11) is 0. The first-order valence-corrected chi connectivity index (χ1v) is 8.64. The van der Waals surface area contributed by atoms with Gasteiger partial charge in [-0.15, -0.1) is 0 Å². The highest BCUT2D eigenvalue weighted by molar-refractivity contribution is 5.46. The van der Waals surface area contributed by atoms with E-state index < -0.39 is 0 Å². The molecule has 0 aromatic carbocycles. The average Bonchev–Trinajstić information content (AvgIpc) is 3.28. The zero-order chi connectivity index (χ0) is 16.9. The number of nitrogens with one attached hydrogen (secondary N) is 1. The fourth-order valence-corrected chi connectivity index (χ4v) is 3.25. The summed E-state index contributed by atoms with van der Waals surface area (Å²) in [6, 6.07) is 2.03. The van der Waals surface area contributed by atoms with Gasteiger partial charge in [0.05, 0.1) is 24.5 Å². The van der Waals surface area contributed by atoms with Gasteiger partial charge in [0.25, 0.3) is 0 Å². The molecule has 3 aromatic heterocycles. The van der Waals surface area contributed by atoms with Gasteiger partial charge >= 0.3 is 0 Å². The Bertz CT molecular complexity index is 784. The lowest BCUT2D eigenvalue weighted by Crippen LogP contribution is -2.25.